The Morgan fingerprint density at radius 1 is 1.61 bits per heavy atom. The first kappa shape index (κ1) is 15.2. The zero-order valence-corrected chi connectivity index (χ0v) is 11.7. The van der Waals surface area contributed by atoms with Crippen LogP contribution in [0.25, 0.3) is 0 Å². The van der Waals surface area contributed by atoms with Crippen LogP contribution in [0, 0.1) is 5.92 Å². The molecule has 0 heterocycles. The molecule has 1 aliphatic carbocycles. The van der Waals surface area contributed by atoms with Crippen LogP contribution >= 0.6 is 0 Å². The summed E-state index contributed by atoms with van der Waals surface area (Å²) in [7, 11) is 2.80. The van der Waals surface area contributed by atoms with E-state index < -0.39 is 10.9 Å². The Balaban J connectivity index is 2.84. The first-order chi connectivity index (χ1) is 8.56. The number of hydrogen-bond donors (Lipinski definition) is 3. The molecule has 0 radical (unpaired) electrons. The predicted octanol–water partition coefficient (Wildman–Crippen LogP) is -0.427. The van der Waals surface area contributed by atoms with Crippen molar-refractivity contribution in [3.63, 3.8) is 0 Å². The van der Waals surface area contributed by atoms with Gasteiger partial charge in [-0.15, -0.1) is 0 Å². The van der Waals surface area contributed by atoms with Crippen molar-refractivity contribution in [1.82, 2.24) is 4.72 Å². The molecule has 0 aromatic heterocycles. The van der Waals surface area contributed by atoms with Crippen molar-refractivity contribution >= 4 is 24.0 Å². The normalized spacial score (nSPS) is 20.2. The molecule has 0 saturated heterocycles. The van der Waals surface area contributed by atoms with Crippen LogP contribution in [-0.2, 0) is 15.6 Å². The fraction of sp³-hybridized carbons (Fsp3) is 0.727. The van der Waals surface area contributed by atoms with Crippen molar-refractivity contribution in [3.8, 4) is 0 Å². The second-order valence-corrected chi connectivity index (χ2v) is 5.25. The molecule has 102 valence electrons. The molecule has 0 spiro atoms. The van der Waals surface area contributed by atoms with Crippen molar-refractivity contribution in [3.05, 3.63) is 11.3 Å². The average Bonchev–Trinajstić information content (AvgIpc) is 2.28. The van der Waals surface area contributed by atoms with Gasteiger partial charge in [0, 0.05) is 0 Å². The molecule has 0 saturated carbocycles. The third-order valence-electron chi connectivity index (χ3n) is 3.19. The van der Waals surface area contributed by atoms with Gasteiger partial charge in [-0.05, 0) is 0 Å². The number of rotatable bonds is 7. The third kappa shape index (κ3) is 4.46. The summed E-state index contributed by atoms with van der Waals surface area (Å²) >= 11 is 0. The van der Waals surface area contributed by atoms with E-state index in [2.05, 4.69) is 12.2 Å². The Hall–Kier alpha value is -0.815. The summed E-state index contributed by atoms with van der Waals surface area (Å²) in [5, 5.41) is 0. The molecule has 18 heavy (non-hydrogen) atoms. The monoisotopic (exact) mass is 272 g/mol. The molecule has 0 amide bonds. The molecule has 1 aliphatic rings. The molecule has 1 unspecified atom stereocenters. The topological polar surface area (TPSA) is 81.4 Å². The maximum atomic E-state index is 10.8. The van der Waals surface area contributed by atoms with E-state index >= 15 is 0 Å². The Kier molecular flexibility index (Phi) is 6.42. The minimum atomic E-state index is -2.64. The molecule has 3 N–H and O–H groups in total. The van der Waals surface area contributed by atoms with Gasteiger partial charge in [0.25, 0.3) is 0 Å². The molecule has 0 aromatic rings. The number of methoxy groups -OCH3 is 1. The molecule has 0 aliphatic heterocycles. The van der Waals surface area contributed by atoms with E-state index in [0.29, 0.717) is 17.9 Å². The summed E-state index contributed by atoms with van der Waals surface area (Å²) in [4.78, 5) is 0. The van der Waals surface area contributed by atoms with Crippen LogP contribution in [0.4, 0.5) is 0 Å². The molecule has 0 bridgehead atoms. The summed E-state index contributed by atoms with van der Waals surface area (Å²) in [5.41, 5.74) is 7.88. The van der Waals surface area contributed by atoms with E-state index in [1.807, 2.05) is 0 Å². The van der Waals surface area contributed by atoms with Gasteiger partial charge >= 0.3 is 111 Å². The molecule has 7 heteroatoms. The zero-order valence-electron chi connectivity index (χ0n) is 10.8. The fourth-order valence-electron chi connectivity index (χ4n) is 2.50. The molecule has 0 aromatic carbocycles. The summed E-state index contributed by atoms with van der Waals surface area (Å²) in [6, 6.07) is 0. The predicted molar refractivity (Wildman–Crippen MR) is 75.3 cm³/mol. The van der Waals surface area contributed by atoms with Gasteiger partial charge in [0.1, 0.15) is 0 Å². The molecule has 5 nitrogen and oxygen atoms in total. The van der Waals surface area contributed by atoms with E-state index in [1.54, 1.807) is 7.11 Å². The fourth-order valence-corrected chi connectivity index (χ4v) is 2.95. The van der Waals surface area contributed by atoms with Gasteiger partial charge in [0.05, 0.1) is 0 Å². The molecular formula is C11H21BN2O3S. The second-order valence-electron chi connectivity index (χ2n) is 4.51. The standard InChI is InChI=1S/C11H21BN2O3S/c1-17-7-3-5-8-4-2-6-9(14-18(15)16)10(8)11(12)13/h8,12,18H,2-7,13H2,1H3,(H,14,15,16). The number of thiol groups is 1. The first-order valence-corrected chi connectivity index (χ1v) is 7.31. The van der Waals surface area contributed by atoms with Gasteiger partial charge in [0.2, 0.25) is 0 Å². The van der Waals surface area contributed by atoms with Crippen molar-refractivity contribution in [2.45, 2.75) is 32.1 Å². The van der Waals surface area contributed by atoms with Crippen molar-refractivity contribution in [2.24, 2.45) is 11.7 Å². The molecule has 0 fully saturated rings. The second kappa shape index (κ2) is 7.58. The molecule has 1 atom stereocenters. The van der Waals surface area contributed by atoms with E-state index in [1.165, 1.54) is 0 Å². The molecular weight excluding hydrogens is 251 g/mol. The number of allylic oxidation sites excluding steroid dienone is 1. The van der Waals surface area contributed by atoms with Gasteiger partial charge in [-0.25, -0.2) is 0 Å². The van der Waals surface area contributed by atoms with Crippen LogP contribution in [0.1, 0.15) is 32.1 Å². The van der Waals surface area contributed by atoms with Crippen molar-refractivity contribution in [1.29, 1.82) is 0 Å². The molecule has 1 rings (SSSR count). The van der Waals surface area contributed by atoms with Crippen LogP contribution in [0.3, 0.4) is 0 Å². The van der Waals surface area contributed by atoms with E-state index in [4.69, 9.17) is 10.5 Å². The maximum absolute atomic E-state index is 10.8. The number of nitrogens with two attached hydrogens (primary N) is 1. The minimum absolute atomic E-state index is 0.281. The van der Waals surface area contributed by atoms with E-state index in [9.17, 15) is 8.42 Å². The van der Waals surface area contributed by atoms with Crippen LogP contribution in [0.15, 0.2) is 11.3 Å². The van der Waals surface area contributed by atoms with Crippen LogP contribution in [0.2, 0.25) is 0 Å². The van der Waals surface area contributed by atoms with Crippen LogP contribution in [-0.4, -0.2) is 35.2 Å². The van der Waals surface area contributed by atoms with Crippen LogP contribution < -0.4 is 10.5 Å². The summed E-state index contributed by atoms with van der Waals surface area (Å²) in [6.07, 6.45) is 4.60. The van der Waals surface area contributed by atoms with Crippen molar-refractivity contribution in [2.75, 3.05) is 13.7 Å². The van der Waals surface area contributed by atoms with Crippen molar-refractivity contribution < 1.29 is 13.2 Å². The first-order valence-electron chi connectivity index (χ1n) is 6.14. The van der Waals surface area contributed by atoms with Gasteiger partial charge in [-0.2, -0.15) is 0 Å². The Morgan fingerprint density at radius 3 is 2.89 bits per heavy atom. The Labute approximate surface area is 111 Å². The third-order valence-corrected chi connectivity index (χ3v) is 3.64. The number of hydrogen-bond acceptors (Lipinski definition) is 4. The SMILES string of the molecule is B=C(N)C1=C(N[SH](=O)=O)CCCC1CCCOC. The number of nitrogens with one attached hydrogen (secondary N) is 1. The van der Waals surface area contributed by atoms with E-state index in [0.717, 1.165) is 37.7 Å². The van der Waals surface area contributed by atoms with Gasteiger partial charge < -0.3 is 0 Å². The average molecular weight is 272 g/mol. The van der Waals surface area contributed by atoms with Gasteiger partial charge in [0.15, 0.2) is 0 Å². The van der Waals surface area contributed by atoms with E-state index in [-0.39, 0.29) is 5.92 Å². The summed E-state index contributed by atoms with van der Waals surface area (Å²) < 4.78 is 29.1. The summed E-state index contributed by atoms with van der Waals surface area (Å²) in [6.45, 7) is 0.708. The van der Waals surface area contributed by atoms with Crippen LogP contribution in [0.5, 0.6) is 0 Å². The van der Waals surface area contributed by atoms with Gasteiger partial charge in [-0.1, -0.05) is 0 Å². The van der Waals surface area contributed by atoms with Gasteiger partial charge in [-0.3, -0.25) is 0 Å². The quantitative estimate of drug-likeness (QED) is 0.334. The number of ether oxygens (including phenoxy) is 1. The summed E-state index contributed by atoms with van der Waals surface area (Å²) in [5.74, 6) is 0.281. The Morgan fingerprint density at radius 2 is 2.33 bits per heavy atom. The zero-order chi connectivity index (χ0) is 13.5. The Bertz CT molecular complexity index is 399.